The number of carbonyl (C=O) groups excluding carboxylic acids is 1. The van der Waals surface area contributed by atoms with E-state index in [2.05, 4.69) is 10.5 Å². The Labute approximate surface area is 193 Å². The van der Waals surface area contributed by atoms with Crippen LogP contribution in [0.1, 0.15) is 43.6 Å². The van der Waals surface area contributed by atoms with Crippen molar-refractivity contribution in [3.8, 4) is 17.1 Å². The second-order valence-corrected chi connectivity index (χ2v) is 9.86. The van der Waals surface area contributed by atoms with E-state index in [1.165, 1.54) is 12.1 Å². The highest BCUT2D eigenvalue weighted by atomic mass is 32.2. The summed E-state index contributed by atoms with van der Waals surface area (Å²) in [5.41, 5.74) is 1.36. The molecule has 1 N–H and O–H groups in total. The van der Waals surface area contributed by atoms with Gasteiger partial charge in [-0.1, -0.05) is 11.6 Å². The van der Waals surface area contributed by atoms with Crippen LogP contribution in [0.5, 0.6) is 5.75 Å². The van der Waals surface area contributed by atoms with Gasteiger partial charge in [0.15, 0.2) is 11.5 Å². The lowest BCUT2D eigenvalue weighted by molar-refractivity contribution is 0.101. The van der Waals surface area contributed by atoms with Crippen LogP contribution in [0.2, 0.25) is 0 Å². The van der Waals surface area contributed by atoms with Crippen LogP contribution >= 0.6 is 0 Å². The summed E-state index contributed by atoms with van der Waals surface area (Å²) < 4.78 is 38.2. The van der Waals surface area contributed by atoms with Crippen LogP contribution in [0.15, 0.2) is 64.0 Å². The third kappa shape index (κ3) is 5.09. The molecular formula is C24H27N3O5S. The molecule has 1 atom stereocenters. The van der Waals surface area contributed by atoms with Crippen molar-refractivity contribution >= 4 is 21.6 Å². The fourth-order valence-corrected chi connectivity index (χ4v) is 5.57. The molecular weight excluding hydrogens is 442 g/mol. The van der Waals surface area contributed by atoms with Crippen LogP contribution in [0, 0.1) is 0 Å². The van der Waals surface area contributed by atoms with Crippen LogP contribution < -0.4 is 10.1 Å². The van der Waals surface area contributed by atoms with E-state index < -0.39 is 15.9 Å². The Balaban J connectivity index is 1.43. The molecule has 4 rings (SSSR count). The number of hydrogen-bond donors (Lipinski definition) is 1. The number of aromatic nitrogens is 1. The van der Waals surface area contributed by atoms with E-state index in [-0.39, 0.29) is 16.6 Å². The van der Waals surface area contributed by atoms with Gasteiger partial charge in [0.1, 0.15) is 5.75 Å². The number of nitrogens with zero attached hydrogens (tertiary/aromatic N) is 2. The van der Waals surface area contributed by atoms with E-state index in [1.807, 2.05) is 38.1 Å². The summed E-state index contributed by atoms with van der Waals surface area (Å²) in [5, 5.41) is 6.58. The van der Waals surface area contributed by atoms with Crippen molar-refractivity contribution in [1.29, 1.82) is 0 Å². The molecule has 0 aliphatic carbocycles. The van der Waals surface area contributed by atoms with Crippen LogP contribution in [0.4, 0.5) is 5.69 Å². The molecule has 0 bridgehead atoms. The van der Waals surface area contributed by atoms with Gasteiger partial charge < -0.3 is 14.6 Å². The lowest BCUT2D eigenvalue weighted by atomic mass is 10.1. The van der Waals surface area contributed by atoms with Crippen LogP contribution in [0.3, 0.4) is 0 Å². The number of sulfonamides is 1. The first kappa shape index (κ1) is 23.0. The minimum atomic E-state index is -3.56. The highest BCUT2D eigenvalue weighted by molar-refractivity contribution is 7.89. The molecule has 0 radical (unpaired) electrons. The van der Waals surface area contributed by atoms with Crippen molar-refractivity contribution in [1.82, 2.24) is 9.46 Å². The zero-order valence-electron chi connectivity index (χ0n) is 18.7. The number of carbonyl (C=O) groups is 1. The lowest BCUT2D eigenvalue weighted by Crippen LogP contribution is -2.41. The van der Waals surface area contributed by atoms with Crippen molar-refractivity contribution < 1.29 is 22.5 Å². The van der Waals surface area contributed by atoms with Gasteiger partial charge in [-0.05, 0) is 75.2 Å². The molecule has 1 aliphatic heterocycles. The average Bonchev–Trinajstić information content (AvgIpc) is 3.31. The second-order valence-electron chi connectivity index (χ2n) is 7.97. The third-order valence-electron chi connectivity index (χ3n) is 5.65. The Kier molecular flexibility index (Phi) is 6.80. The summed E-state index contributed by atoms with van der Waals surface area (Å²) in [5.74, 6) is 0.760. The monoisotopic (exact) mass is 469 g/mol. The summed E-state index contributed by atoms with van der Waals surface area (Å²) in [7, 11) is -3.56. The zero-order valence-corrected chi connectivity index (χ0v) is 19.5. The van der Waals surface area contributed by atoms with E-state index in [1.54, 1.807) is 22.5 Å². The van der Waals surface area contributed by atoms with Gasteiger partial charge in [-0.3, -0.25) is 4.79 Å². The summed E-state index contributed by atoms with van der Waals surface area (Å²) in [6, 6.07) is 15.0. The minimum absolute atomic E-state index is 0.0140. The van der Waals surface area contributed by atoms with E-state index in [0.717, 1.165) is 30.6 Å². The molecule has 0 unspecified atom stereocenters. The van der Waals surface area contributed by atoms with Gasteiger partial charge in [0.2, 0.25) is 10.0 Å². The van der Waals surface area contributed by atoms with Gasteiger partial charge in [0, 0.05) is 29.9 Å². The number of rotatable bonds is 7. The molecule has 3 aromatic rings. The van der Waals surface area contributed by atoms with Gasteiger partial charge in [0.05, 0.1) is 11.5 Å². The Bertz CT molecular complexity index is 1200. The number of amides is 1. The number of ether oxygens (including phenoxy) is 1. The van der Waals surface area contributed by atoms with E-state index in [0.29, 0.717) is 24.6 Å². The maximum Gasteiger partial charge on any atom is 0.277 e. The molecule has 1 saturated heterocycles. The predicted molar refractivity (Wildman–Crippen MR) is 125 cm³/mol. The van der Waals surface area contributed by atoms with E-state index in [4.69, 9.17) is 9.26 Å². The molecule has 0 saturated carbocycles. The quantitative estimate of drug-likeness (QED) is 0.544. The Morgan fingerprint density at radius 3 is 2.55 bits per heavy atom. The average molecular weight is 470 g/mol. The Hall–Kier alpha value is -3.17. The first-order chi connectivity index (χ1) is 15.9. The SMILES string of the molecule is CCOc1ccc(-c2cc(C(=O)Nc3ccc(S(=O)(=O)N4CCCC[C@@H]4C)cc3)no2)cc1. The molecule has 174 valence electrons. The molecule has 1 fully saturated rings. The molecule has 1 aromatic heterocycles. The number of anilines is 1. The number of piperidine rings is 1. The maximum atomic E-state index is 13.0. The smallest absolute Gasteiger partial charge is 0.277 e. The van der Waals surface area contributed by atoms with E-state index >= 15 is 0 Å². The highest BCUT2D eigenvalue weighted by Gasteiger charge is 2.30. The second kappa shape index (κ2) is 9.76. The molecule has 1 amide bonds. The minimum Gasteiger partial charge on any atom is -0.494 e. The Morgan fingerprint density at radius 1 is 1.15 bits per heavy atom. The van der Waals surface area contributed by atoms with Crippen LogP contribution in [-0.4, -0.2) is 43.0 Å². The largest absolute Gasteiger partial charge is 0.494 e. The van der Waals surface area contributed by atoms with Gasteiger partial charge in [-0.2, -0.15) is 4.31 Å². The zero-order chi connectivity index (χ0) is 23.4. The van der Waals surface area contributed by atoms with Gasteiger partial charge in [-0.25, -0.2) is 8.42 Å². The third-order valence-corrected chi connectivity index (χ3v) is 7.68. The predicted octanol–water partition coefficient (Wildman–Crippen LogP) is 4.56. The van der Waals surface area contributed by atoms with Crippen molar-refractivity contribution in [2.75, 3.05) is 18.5 Å². The molecule has 9 heteroatoms. The molecule has 33 heavy (non-hydrogen) atoms. The summed E-state index contributed by atoms with van der Waals surface area (Å²) >= 11 is 0. The molecule has 0 spiro atoms. The van der Waals surface area contributed by atoms with Crippen LogP contribution in [0.25, 0.3) is 11.3 Å². The highest BCUT2D eigenvalue weighted by Crippen LogP contribution is 2.27. The summed E-state index contributed by atoms with van der Waals surface area (Å²) in [6.45, 7) is 4.96. The molecule has 8 nitrogen and oxygen atoms in total. The van der Waals surface area contributed by atoms with Crippen molar-refractivity contribution in [3.63, 3.8) is 0 Å². The van der Waals surface area contributed by atoms with Crippen molar-refractivity contribution in [2.24, 2.45) is 0 Å². The lowest BCUT2D eigenvalue weighted by Gasteiger charge is -2.32. The first-order valence-electron chi connectivity index (χ1n) is 11.0. The van der Waals surface area contributed by atoms with Crippen molar-refractivity contribution in [3.05, 3.63) is 60.3 Å². The fourth-order valence-electron chi connectivity index (χ4n) is 3.87. The first-order valence-corrected chi connectivity index (χ1v) is 12.5. The fraction of sp³-hybridized carbons (Fsp3) is 0.333. The summed E-state index contributed by atoms with van der Waals surface area (Å²) in [6.07, 6.45) is 2.78. The number of benzene rings is 2. The molecule has 2 heterocycles. The van der Waals surface area contributed by atoms with E-state index in [9.17, 15) is 13.2 Å². The molecule has 2 aromatic carbocycles. The molecule has 1 aliphatic rings. The van der Waals surface area contributed by atoms with Crippen molar-refractivity contribution in [2.45, 2.75) is 44.0 Å². The summed E-state index contributed by atoms with van der Waals surface area (Å²) in [4.78, 5) is 12.8. The standard InChI is InChI=1S/C24H27N3O5S/c1-3-31-20-11-7-18(8-12-20)23-16-22(26-32-23)24(28)25-19-9-13-21(14-10-19)33(29,30)27-15-5-4-6-17(27)2/h7-14,16-17H,3-6,15H2,1-2H3,(H,25,28)/t17-/m0/s1. The topological polar surface area (TPSA) is 102 Å². The normalized spacial score (nSPS) is 17.0. The number of hydrogen-bond acceptors (Lipinski definition) is 6. The van der Waals surface area contributed by atoms with Gasteiger partial charge in [0.25, 0.3) is 5.91 Å². The van der Waals surface area contributed by atoms with Gasteiger partial charge in [-0.15, -0.1) is 0 Å². The maximum absolute atomic E-state index is 13.0. The van der Waals surface area contributed by atoms with Crippen LogP contribution in [-0.2, 0) is 10.0 Å². The number of nitrogens with one attached hydrogen (secondary N) is 1. The van der Waals surface area contributed by atoms with Gasteiger partial charge >= 0.3 is 0 Å². The Morgan fingerprint density at radius 2 is 1.88 bits per heavy atom.